The van der Waals surface area contributed by atoms with Crippen LogP contribution >= 0.6 is 0 Å². The first kappa shape index (κ1) is 17.0. The molecule has 0 aliphatic rings. The second-order valence-electron chi connectivity index (χ2n) is 5.18. The standard InChI is InChI=1S/C16H27NO3/c1-12(2)20-15-8-6-14(7-9-15)16(17-4)11-19-13(3)10-18-5/h6-9,12-13,16-17H,10-11H2,1-5H3. The van der Waals surface area contributed by atoms with Gasteiger partial charge in [-0.3, -0.25) is 0 Å². The minimum Gasteiger partial charge on any atom is -0.491 e. The molecule has 0 spiro atoms. The maximum Gasteiger partial charge on any atom is 0.119 e. The molecule has 0 amide bonds. The summed E-state index contributed by atoms with van der Waals surface area (Å²) < 4.78 is 16.5. The Morgan fingerprint density at radius 1 is 1.05 bits per heavy atom. The Kier molecular flexibility index (Phi) is 7.59. The van der Waals surface area contributed by atoms with Gasteiger partial charge in [0.2, 0.25) is 0 Å². The SMILES string of the molecule is CNC(COC(C)COC)c1ccc(OC(C)C)cc1. The molecule has 4 heteroatoms. The zero-order valence-electron chi connectivity index (χ0n) is 13.2. The van der Waals surface area contributed by atoms with Crippen LogP contribution in [0.25, 0.3) is 0 Å². The van der Waals surface area contributed by atoms with Crippen molar-refractivity contribution in [2.24, 2.45) is 0 Å². The Hall–Kier alpha value is -1.10. The van der Waals surface area contributed by atoms with Gasteiger partial charge in [-0.05, 0) is 45.5 Å². The Balaban J connectivity index is 2.56. The lowest BCUT2D eigenvalue weighted by Gasteiger charge is -2.20. The van der Waals surface area contributed by atoms with Crippen LogP contribution < -0.4 is 10.1 Å². The summed E-state index contributed by atoms with van der Waals surface area (Å²) in [5.74, 6) is 0.896. The molecular formula is C16H27NO3. The average molecular weight is 281 g/mol. The lowest BCUT2D eigenvalue weighted by molar-refractivity contribution is 0.000204. The number of ether oxygens (including phenoxy) is 3. The molecule has 0 aliphatic heterocycles. The van der Waals surface area contributed by atoms with Crippen molar-refractivity contribution in [2.75, 3.05) is 27.4 Å². The van der Waals surface area contributed by atoms with Gasteiger partial charge in [0.1, 0.15) is 5.75 Å². The highest BCUT2D eigenvalue weighted by Crippen LogP contribution is 2.19. The number of hydrogen-bond acceptors (Lipinski definition) is 4. The Labute approximate surface area is 122 Å². The van der Waals surface area contributed by atoms with Crippen LogP contribution in [-0.4, -0.2) is 39.6 Å². The van der Waals surface area contributed by atoms with Gasteiger partial charge in [0.25, 0.3) is 0 Å². The highest BCUT2D eigenvalue weighted by Gasteiger charge is 2.12. The van der Waals surface area contributed by atoms with Crippen LogP contribution in [0, 0.1) is 0 Å². The Morgan fingerprint density at radius 3 is 2.20 bits per heavy atom. The van der Waals surface area contributed by atoms with Gasteiger partial charge in [0, 0.05) is 7.11 Å². The minimum atomic E-state index is 0.0967. The second kappa shape index (κ2) is 8.95. The third-order valence-corrected chi connectivity index (χ3v) is 2.95. The maximum absolute atomic E-state index is 5.77. The average Bonchev–Trinajstić information content (AvgIpc) is 2.41. The molecule has 0 fully saturated rings. The molecule has 1 aromatic rings. The Morgan fingerprint density at radius 2 is 1.70 bits per heavy atom. The van der Waals surface area contributed by atoms with E-state index in [1.165, 1.54) is 5.56 Å². The summed E-state index contributed by atoms with van der Waals surface area (Å²) in [6, 6.07) is 8.31. The van der Waals surface area contributed by atoms with Crippen LogP contribution in [0.15, 0.2) is 24.3 Å². The van der Waals surface area contributed by atoms with Crippen LogP contribution in [0.2, 0.25) is 0 Å². The summed E-state index contributed by atoms with van der Waals surface area (Å²) in [7, 11) is 3.62. The van der Waals surface area contributed by atoms with Gasteiger partial charge in [-0.25, -0.2) is 0 Å². The first-order valence-corrected chi connectivity index (χ1v) is 7.11. The largest absolute Gasteiger partial charge is 0.491 e. The highest BCUT2D eigenvalue weighted by atomic mass is 16.5. The van der Waals surface area contributed by atoms with Crippen LogP contribution in [0.4, 0.5) is 0 Å². The van der Waals surface area contributed by atoms with E-state index in [0.717, 1.165) is 5.75 Å². The molecule has 1 aromatic carbocycles. The zero-order chi connectivity index (χ0) is 15.0. The monoisotopic (exact) mass is 281 g/mol. The van der Waals surface area contributed by atoms with Crippen LogP contribution in [0.5, 0.6) is 5.75 Å². The molecule has 4 nitrogen and oxygen atoms in total. The number of rotatable bonds is 9. The van der Waals surface area contributed by atoms with E-state index in [-0.39, 0.29) is 18.2 Å². The lowest BCUT2D eigenvalue weighted by Crippen LogP contribution is -2.25. The molecule has 0 bridgehead atoms. The molecule has 0 aliphatic carbocycles. The maximum atomic E-state index is 5.77. The summed E-state index contributed by atoms with van der Waals surface area (Å²) in [6.07, 6.45) is 0.290. The molecule has 0 radical (unpaired) electrons. The summed E-state index contributed by atoms with van der Waals surface area (Å²) >= 11 is 0. The van der Waals surface area contributed by atoms with E-state index >= 15 is 0 Å². The van der Waals surface area contributed by atoms with Crippen molar-refractivity contribution >= 4 is 0 Å². The van der Waals surface area contributed by atoms with Crippen molar-refractivity contribution in [1.82, 2.24) is 5.32 Å². The van der Waals surface area contributed by atoms with Gasteiger partial charge in [0.05, 0.1) is 31.5 Å². The Bertz CT molecular complexity index is 364. The fourth-order valence-corrected chi connectivity index (χ4v) is 1.94. The third-order valence-electron chi connectivity index (χ3n) is 2.95. The van der Waals surface area contributed by atoms with E-state index in [9.17, 15) is 0 Å². The van der Waals surface area contributed by atoms with Crippen LogP contribution in [0.1, 0.15) is 32.4 Å². The first-order chi connectivity index (χ1) is 9.56. The molecule has 2 unspecified atom stereocenters. The van der Waals surface area contributed by atoms with E-state index in [2.05, 4.69) is 17.4 Å². The fourth-order valence-electron chi connectivity index (χ4n) is 1.94. The topological polar surface area (TPSA) is 39.7 Å². The highest BCUT2D eigenvalue weighted by molar-refractivity contribution is 5.29. The molecule has 2 atom stereocenters. The number of hydrogen-bond donors (Lipinski definition) is 1. The first-order valence-electron chi connectivity index (χ1n) is 7.11. The van der Waals surface area contributed by atoms with Gasteiger partial charge in [-0.1, -0.05) is 12.1 Å². The number of benzene rings is 1. The van der Waals surface area contributed by atoms with Gasteiger partial charge in [0.15, 0.2) is 0 Å². The van der Waals surface area contributed by atoms with Crippen molar-refractivity contribution in [3.8, 4) is 5.75 Å². The predicted octanol–water partition coefficient (Wildman–Crippen LogP) is 2.79. The number of nitrogens with one attached hydrogen (secondary N) is 1. The molecule has 0 heterocycles. The molecule has 0 saturated heterocycles. The van der Waals surface area contributed by atoms with Crippen molar-refractivity contribution in [1.29, 1.82) is 0 Å². The lowest BCUT2D eigenvalue weighted by atomic mass is 10.1. The minimum absolute atomic E-state index is 0.0967. The van der Waals surface area contributed by atoms with Gasteiger partial charge < -0.3 is 19.5 Å². The second-order valence-corrected chi connectivity index (χ2v) is 5.18. The number of methoxy groups -OCH3 is 1. The molecule has 0 aromatic heterocycles. The quantitative estimate of drug-likeness (QED) is 0.755. The van der Waals surface area contributed by atoms with Gasteiger partial charge in [-0.2, -0.15) is 0 Å². The van der Waals surface area contributed by atoms with Crippen molar-refractivity contribution in [3.05, 3.63) is 29.8 Å². The summed E-state index contributed by atoms with van der Waals surface area (Å²) in [5, 5.41) is 3.27. The normalized spacial score (nSPS) is 14.3. The molecule has 1 rings (SSSR count). The van der Waals surface area contributed by atoms with Gasteiger partial charge in [-0.15, -0.1) is 0 Å². The predicted molar refractivity (Wildman–Crippen MR) is 81.3 cm³/mol. The summed E-state index contributed by atoms with van der Waals surface area (Å²) in [6.45, 7) is 7.28. The van der Waals surface area contributed by atoms with E-state index in [4.69, 9.17) is 14.2 Å². The zero-order valence-corrected chi connectivity index (χ0v) is 13.2. The third kappa shape index (κ3) is 5.90. The van der Waals surface area contributed by atoms with Gasteiger partial charge >= 0.3 is 0 Å². The van der Waals surface area contributed by atoms with E-state index in [1.807, 2.05) is 40.0 Å². The van der Waals surface area contributed by atoms with E-state index in [1.54, 1.807) is 7.11 Å². The van der Waals surface area contributed by atoms with Crippen LogP contribution in [0.3, 0.4) is 0 Å². The van der Waals surface area contributed by atoms with E-state index in [0.29, 0.717) is 13.2 Å². The summed E-state index contributed by atoms with van der Waals surface area (Å²) in [4.78, 5) is 0. The summed E-state index contributed by atoms with van der Waals surface area (Å²) in [5.41, 5.74) is 1.19. The smallest absolute Gasteiger partial charge is 0.119 e. The fraction of sp³-hybridized carbons (Fsp3) is 0.625. The molecule has 1 N–H and O–H groups in total. The van der Waals surface area contributed by atoms with E-state index < -0.39 is 0 Å². The van der Waals surface area contributed by atoms with Crippen molar-refractivity contribution < 1.29 is 14.2 Å². The number of likely N-dealkylation sites (N-methyl/N-ethyl adjacent to an activating group) is 1. The van der Waals surface area contributed by atoms with Crippen molar-refractivity contribution in [3.63, 3.8) is 0 Å². The molecule has 114 valence electrons. The van der Waals surface area contributed by atoms with Crippen LogP contribution in [-0.2, 0) is 9.47 Å². The molecule has 20 heavy (non-hydrogen) atoms. The van der Waals surface area contributed by atoms with Crippen molar-refractivity contribution in [2.45, 2.75) is 39.0 Å². The molecular weight excluding hydrogens is 254 g/mol. The molecule has 0 saturated carbocycles.